The van der Waals surface area contributed by atoms with E-state index in [9.17, 15) is 0 Å². The van der Waals surface area contributed by atoms with Crippen LogP contribution >= 0.6 is 37.0 Å². The number of thiol groups is 2. The fourth-order valence-electron chi connectivity index (χ4n) is 3.56. The molecule has 2 atom stereocenters. The number of H-pyrrole nitrogens is 2. The smallest absolute Gasteiger partial charge is 0.0456 e. The van der Waals surface area contributed by atoms with Crippen molar-refractivity contribution in [3.05, 3.63) is 72.1 Å². The molecule has 0 saturated carbocycles. The number of hydrogen-bond donors (Lipinski definition) is 4. The number of thioether (sulfide) groups is 1. The molecule has 0 radical (unpaired) electrons. The van der Waals surface area contributed by atoms with Gasteiger partial charge in [-0.15, -0.1) is 0 Å². The summed E-state index contributed by atoms with van der Waals surface area (Å²) in [7, 11) is 0. The summed E-state index contributed by atoms with van der Waals surface area (Å²) in [5.41, 5.74) is 4.98. The highest BCUT2D eigenvalue weighted by Crippen LogP contribution is 2.28. The van der Waals surface area contributed by atoms with E-state index >= 15 is 0 Å². The Morgan fingerprint density at radius 1 is 0.704 bits per heavy atom. The summed E-state index contributed by atoms with van der Waals surface area (Å²) in [5, 5.41) is 3.48. The van der Waals surface area contributed by atoms with E-state index in [1.165, 1.54) is 33.2 Å². The minimum absolute atomic E-state index is 0.461. The molecule has 140 valence electrons. The summed E-state index contributed by atoms with van der Waals surface area (Å²) in [6.07, 6.45) is 2.00. The van der Waals surface area contributed by atoms with Crippen molar-refractivity contribution in [1.29, 1.82) is 0 Å². The number of rotatable bonds is 8. The van der Waals surface area contributed by atoms with Crippen molar-refractivity contribution >= 4 is 58.8 Å². The average Bonchev–Trinajstić information content (AvgIpc) is 3.29. The van der Waals surface area contributed by atoms with Crippen molar-refractivity contribution in [1.82, 2.24) is 9.97 Å². The molecule has 0 aliphatic carbocycles. The van der Waals surface area contributed by atoms with Crippen molar-refractivity contribution in [3.8, 4) is 0 Å². The molecule has 2 nitrogen and oxygen atoms in total. The van der Waals surface area contributed by atoms with E-state index in [2.05, 4.69) is 95.9 Å². The molecular formula is C22H24N2S3. The fraction of sp³-hybridized carbons (Fsp3) is 0.273. The van der Waals surface area contributed by atoms with Gasteiger partial charge < -0.3 is 9.97 Å². The number of nitrogens with one attached hydrogen (secondary N) is 2. The van der Waals surface area contributed by atoms with E-state index in [4.69, 9.17) is 0 Å². The monoisotopic (exact) mass is 412 g/mol. The number of aromatic nitrogens is 2. The van der Waals surface area contributed by atoms with Gasteiger partial charge in [0.1, 0.15) is 0 Å². The summed E-state index contributed by atoms with van der Waals surface area (Å²) in [5.74, 6) is 1.72. The van der Waals surface area contributed by atoms with Gasteiger partial charge in [-0.1, -0.05) is 36.4 Å². The lowest BCUT2D eigenvalue weighted by molar-refractivity contribution is 0.885. The van der Waals surface area contributed by atoms with Gasteiger partial charge in [0.15, 0.2) is 0 Å². The minimum Gasteiger partial charge on any atom is -0.358 e. The molecule has 4 aromatic rings. The summed E-state index contributed by atoms with van der Waals surface area (Å²) in [6, 6.07) is 21.4. The van der Waals surface area contributed by atoms with Crippen LogP contribution in [0.25, 0.3) is 21.8 Å². The molecule has 2 heterocycles. The van der Waals surface area contributed by atoms with Crippen LogP contribution in [0.1, 0.15) is 11.4 Å². The summed E-state index contributed by atoms with van der Waals surface area (Å²) in [6.45, 7) is 0. The second kappa shape index (κ2) is 8.72. The lowest BCUT2D eigenvalue weighted by Crippen LogP contribution is -2.19. The van der Waals surface area contributed by atoms with Gasteiger partial charge in [0, 0.05) is 57.3 Å². The second-order valence-electron chi connectivity index (χ2n) is 6.92. The van der Waals surface area contributed by atoms with E-state index < -0.39 is 0 Å². The van der Waals surface area contributed by atoms with Gasteiger partial charge in [0.05, 0.1) is 0 Å². The van der Waals surface area contributed by atoms with Crippen LogP contribution in [0.4, 0.5) is 0 Å². The highest BCUT2D eigenvalue weighted by atomic mass is 32.2. The minimum atomic E-state index is 0.461. The van der Waals surface area contributed by atoms with E-state index in [1.54, 1.807) is 0 Å². The Balaban J connectivity index is 1.43. The van der Waals surface area contributed by atoms with E-state index in [0.717, 1.165) is 24.3 Å². The van der Waals surface area contributed by atoms with Crippen LogP contribution in [0.3, 0.4) is 0 Å². The van der Waals surface area contributed by atoms with Crippen molar-refractivity contribution in [2.24, 2.45) is 0 Å². The Morgan fingerprint density at radius 2 is 1.15 bits per heavy atom. The Kier molecular flexibility index (Phi) is 6.11. The van der Waals surface area contributed by atoms with Crippen molar-refractivity contribution in [2.45, 2.75) is 23.3 Å². The molecule has 0 aliphatic rings. The molecule has 0 spiro atoms. The number of para-hydroxylation sites is 2. The Hall–Kier alpha value is -1.43. The Bertz CT molecular complexity index is 872. The first-order valence-corrected chi connectivity index (χ1v) is 11.5. The van der Waals surface area contributed by atoms with Crippen LogP contribution < -0.4 is 0 Å². The predicted octanol–water partition coefficient (Wildman–Crippen LogP) is 5.76. The fourth-order valence-corrected chi connectivity index (χ4v) is 5.60. The normalized spacial score (nSPS) is 14.0. The number of hydrogen-bond acceptors (Lipinski definition) is 3. The summed E-state index contributed by atoms with van der Waals surface area (Å²) >= 11 is 11.2. The molecule has 0 aliphatic heterocycles. The average molecular weight is 413 g/mol. The zero-order valence-electron chi connectivity index (χ0n) is 15.1. The van der Waals surface area contributed by atoms with Gasteiger partial charge in [0.25, 0.3) is 0 Å². The van der Waals surface area contributed by atoms with Crippen LogP contribution in [0.15, 0.2) is 60.7 Å². The van der Waals surface area contributed by atoms with E-state index in [-0.39, 0.29) is 0 Å². The molecular weight excluding hydrogens is 388 g/mol. The molecule has 2 aromatic heterocycles. The maximum Gasteiger partial charge on any atom is 0.0456 e. The van der Waals surface area contributed by atoms with Gasteiger partial charge in [-0.25, -0.2) is 0 Å². The van der Waals surface area contributed by atoms with Crippen LogP contribution in [-0.2, 0) is 12.8 Å². The first kappa shape index (κ1) is 18.9. The first-order chi connectivity index (χ1) is 13.2. The van der Waals surface area contributed by atoms with Crippen molar-refractivity contribution in [2.75, 3.05) is 11.5 Å². The topological polar surface area (TPSA) is 31.6 Å². The second-order valence-corrected chi connectivity index (χ2v) is 9.25. The molecule has 2 unspecified atom stereocenters. The summed E-state index contributed by atoms with van der Waals surface area (Å²) in [4.78, 5) is 7.09. The molecule has 5 heteroatoms. The Labute approximate surface area is 175 Å². The third-order valence-corrected chi connectivity index (χ3v) is 7.67. The SMILES string of the molecule is SCC(Cc1cc2ccccc2[nH]1)SC(CS)Cc1cc2ccccc2[nH]1. The molecule has 0 saturated heterocycles. The van der Waals surface area contributed by atoms with Gasteiger partial charge in [0.2, 0.25) is 0 Å². The largest absolute Gasteiger partial charge is 0.358 e. The standard InChI is InChI=1S/C22H24N2S3/c25-13-19(11-17-9-15-5-1-3-7-21(15)23-17)27-20(14-26)12-18-10-16-6-2-4-8-22(16)24-18/h1-10,19-20,23-26H,11-14H2. The molecule has 2 aromatic carbocycles. The maximum absolute atomic E-state index is 4.62. The molecule has 0 fully saturated rings. The third kappa shape index (κ3) is 4.53. The quantitative estimate of drug-likeness (QED) is 0.272. The van der Waals surface area contributed by atoms with E-state index in [1.807, 2.05) is 11.8 Å². The zero-order chi connectivity index (χ0) is 18.6. The van der Waals surface area contributed by atoms with Gasteiger partial charge in [-0.3, -0.25) is 0 Å². The molecule has 0 bridgehead atoms. The first-order valence-electron chi connectivity index (χ1n) is 9.25. The van der Waals surface area contributed by atoms with Crippen LogP contribution in [-0.4, -0.2) is 32.0 Å². The number of benzene rings is 2. The van der Waals surface area contributed by atoms with Gasteiger partial charge in [-0.05, 0) is 35.0 Å². The lowest BCUT2D eigenvalue weighted by atomic mass is 10.2. The lowest BCUT2D eigenvalue weighted by Gasteiger charge is -2.20. The summed E-state index contributed by atoms with van der Waals surface area (Å²) < 4.78 is 0. The Morgan fingerprint density at radius 3 is 1.56 bits per heavy atom. The van der Waals surface area contributed by atoms with Crippen LogP contribution in [0.5, 0.6) is 0 Å². The third-order valence-electron chi connectivity index (χ3n) is 4.86. The predicted molar refractivity (Wildman–Crippen MR) is 127 cm³/mol. The highest BCUT2D eigenvalue weighted by Gasteiger charge is 2.18. The highest BCUT2D eigenvalue weighted by molar-refractivity contribution is 8.01. The maximum atomic E-state index is 4.62. The molecule has 4 rings (SSSR count). The van der Waals surface area contributed by atoms with Crippen molar-refractivity contribution in [3.63, 3.8) is 0 Å². The van der Waals surface area contributed by atoms with Gasteiger partial charge in [-0.2, -0.15) is 37.0 Å². The molecule has 2 N–H and O–H groups in total. The van der Waals surface area contributed by atoms with Crippen LogP contribution in [0, 0.1) is 0 Å². The van der Waals surface area contributed by atoms with Gasteiger partial charge >= 0.3 is 0 Å². The van der Waals surface area contributed by atoms with E-state index in [0.29, 0.717) is 10.5 Å². The molecule has 27 heavy (non-hydrogen) atoms. The number of aromatic amines is 2. The molecule has 0 amide bonds. The zero-order valence-corrected chi connectivity index (χ0v) is 17.7. The van der Waals surface area contributed by atoms with Crippen LogP contribution in [0.2, 0.25) is 0 Å². The number of fused-ring (bicyclic) bond motifs is 2. The van der Waals surface area contributed by atoms with Crippen molar-refractivity contribution < 1.29 is 0 Å².